The summed E-state index contributed by atoms with van der Waals surface area (Å²) in [7, 11) is 0. The van der Waals surface area contributed by atoms with Gasteiger partial charge in [-0.2, -0.15) is 0 Å². The molecule has 1 aliphatic rings. The fraction of sp³-hybridized carbons (Fsp3) is 0.0800. The average Bonchev–Trinajstić information content (AvgIpc) is 3.08. The highest BCUT2D eigenvalue weighted by Gasteiger charge is 2.25. The summed E-state index contributed by atoms with van der Waals surface area (Å²) < 4.78 is 0. The molecule has 0 saturated carbocycles. The van der Waals surface area contributed by atoms with Gasteiger partial charge in [-0.3, -0.25) is 0 Å². The lowest BCUT2D eigenvalue weighted by Gasteiger charge is -2.17. The van der Waals surface area contributed by atoms with Gasteiger partial charge < -0.3 is 10.7 Å². The second-order valence-corrected chi connectivity index (χ2v) is 6.65. The van der Waals surface area contributed by atoms with E-state index in [1.165, 1.54) is 28.5 Å². The fourth-order valence-electron chi connectivity index (χ4n) is 3.90. The molecule has 27 heavy (non-hydrogen) atoms. The first kappa shape index (κ1) is 17.0. The zero-order valence-electron chi connectivity index (χ0n) is 15.2. The highest BCUT2D eigenvalue weighted by atomic mass is 14.9. The van der Waals surface area contributed by atoms with Crippen LogP contribution >= 0.6 is 0 Å². The van der Waals surface area contributed by atoms with Crippen molar-refractivity contribution in [2.45, 2.75) is 12.8 Å². The quantitative estimate of drug-likeness (QED) is 0.391. The van der Waals surface area contributed by atoms with E-state index >= 15 is 0 Å². The zero-order valence-corrected chi connectivity index (χ0v) is 15.2. The summed E-state index contributed by atoms with van der Waals surface area (Å²) >= 11 is 0. The van der Waals surface area contributed by atoms with Crippen LogP contribution in [0.25, 0.3) is 16.7 Å². The standard InChI is InChI=1S/C25H22N2/c1-2-18(15-16-26)23-17-24(27-20-11-7-4-8-12-20)22-14-13-21(23)25(22)19-9-5-3-6-10-19/h2-12,15-17,26-27H,1,13-14H2/b18-15+,26-16?. The second kappa shape index (κ2) is 7.46. The lowest BCUT2D eigenvalue weighted by molar-refractivity contribution is 1.03. The van der Waals surface area contributed by atoms with Crippen molar-refractivity contribution in [3.05, 3.63) is 102 Å². The Kier molecular flexibility index (Phi) is 4.71. The topological polar surface area (TPSA) is 35.9 Å². The van der Waals surface area contributed by atoms with Crippen LogP contribution in [0.15, 0.2) is 85.5 Å². The summed E-state index contributed by atoms with van der Waals surface area (Å²) in [6, 6.07) is 23.1. The van der Waals surface area contributed by atoms with E-state index in [1.54, 1.807) is 0 Å². The Morgan fingerprint density at radius 2 is 1.59 bits per heavy atom. The van der Waals surface area contributed by atoms with Gasteiger partial charge in [0.05, 0.1) is 0 Å². The first-order chi connectivity index (χ1) is 13.3. The summed E-state index contributed by atoms with van der Waals surface area (Å²) in [6.07, 6.45) is 7.02. The molecule has 0 amide bonds. The van der Waals surface area contributed by atoms with Crippen molar-refractivity contribution in [1.82, 2.24) is 0 Å². The van der Waals surface area contributed by atoms with E-state index in [9.17, 15) is 0 Å². The van der Waals surface area contributed by atoms with Gasteiger partial charge in [-0.1, -0.05) is 61.2 Å². The summed E-state index contributed by atoms with van der Waals surface area (Å²) in [5.41, 5.74) is 9.64. The summed E-state index contributed by atoms with van der Waals surface area (Å²) in [5.74, 6) is 0. The van der Waals surface area contributed by atoms with Crippen molar-refractivity contribution < 1.29 is 0 Å². The molecule has 0 heterocycles. The molecule has 2 nitrogen and oxygen atoms in total. The molecule has 0 radical (unpaired) electrons. The van der Waals surface area contributed by atoms with Crippen LogP contribution in [0.2, 0.25) is 0 Å². The number of nitrogens with one attached hydrogen (secondary N) is 2. The molecule has 0 fully saturated rings. The van der Waals surface area contributed by atoms with Gasteiger partial charge in [-0.15, -0.1) is 0 Å². The first-order valence-corrected chi connectivity index (χ1v) is 9.21. The lowest BCUT2D eigenvalue weighted by atomic mass is 9.91. The normalized spacial score (nSPS) is 12.7. The van der Waals surface area contributed by atoms with Crippen molar-refractivity contribution in [2.75, 3.05) is 5.32 Å². The monoisotopic (exact) mass is 350 g/mol. The Hall–Kier alpha value is -3.39. The number of fused-ring (bicyclic) bond motifs is 2. The number of rotatable bonds is 6. The van der Waals surface area contributed by atoms with Crippen LogP contribution in [0.1, 0.15) is 16.7 Å². The molecule has 3 aromatic rings. The molecule has 0 spiro atoms. The van der Waals surface area contributed by atoms with E-state index in [4.69, 9.17) is 5.41 Å². The highest BCUT2D eigenvalue weighted by Crippen LogP contribution is 2.44. The zero-order chi connectivity index (χ0) is 18.6. The minimum absolute atomic E-state index is 0.988. The Morgan fingerprint density at radius 3 is 2.26 bits per heavy atom. The predicted molar refractivity (Wildman–Crippen MR) is 116 cm³/mol. The number of benzene rings is 3. The third-order valence-corrected chi connectivity index (χ3v) is 5.08. The van der Waals surface area contributed by atoms with Crippen molar-refractivity contribution in [3.63, 3.8) is 0 Å². The molecule has 4 rings (SSSR count). The van der Waals surface area contributed by atoms with E-state index in [0.717, 1.165) is 35.4 Å². The number of hydrogen-bond donors (Lipinski definition) is 2. The molecule has 0 saturated heterocycles. The third kappa shape index (κ3) is 3.22. The van der Waals surface area contributed by atoms with Gasteiger partial charge in [-0.25, -0.2) is 0 Å². The maximum absolute atomic E-state index is 7.51. The number of anilines is 2. The van der Waals surface area contributed by atoms with E-state index < -0.39 is 0 Å². The van der Waals surface area contributed by atoms with Gasteiger partial charge >= 0.3 is 0 Å². The van der Waals surface area contributed by atoms with E-state index in [0.29, 0.717) is 0 Å². The van der Waals surface area contributed by atoms with E-state index in [2.05, 4.69) is 60.4 Å². The van der Waals surface area contributed by atoms with Crippen LogP contribution in [0.4, 0.5) is 11.4 Å². The molecule has 1 aliphatic carbocycles. The molecule has 0 aliphatic heterocycles. The minimum atomic E-state index is 0.988. The molecule has 0 unspecified atom stereocenters. The van der Waals surface area contributed by atoms with Crippen LogP contribution in [0.5, 0.6) is 0 Å². The lowest BCUT2D eigenvalue weighted by Crippen LogP contribution is -1.98. The molecular formula is C25H22N2. The highest BCUT2D eigenvalue weighted by molar-refractivity contribution is 5.94. The van der Waals surface area contributed by atoms with Crippen LogP contribution < -0.4 is 5.32 Å². The van der Waals surface area contributed by atoms with E-state index in [1.807, 2.05) is 30.4 Å². The summed E-state index contributed by atoms with van der Waals surface area (Å²) in [6.45, 7) is 3.97. The van der Waals surface area contributed by atoms with Crippen LogP contribution in [0.3, 0.4) is 0 Å². The summed E-state index contributed by atoms with van der Waals surface area (Å²) in [5, 5.41) is 11.1. The molecule has 132 valence electrons. The molecular weight excluding hydrogens is 328 g/mol. The van der Waals surface area contributed by atoms with Crippen molar-refractivity contribution in [3.8, 4) is 11.1 Å². The maximum Gasteiger partial charge on any atom is 0.0429 e. The Balaban J connectivity index is 1.94. The second-order valence-electron chi connectivity index (χ2n) is 6.65. The molecule has 0 atom stereocenters. The number of allylic oxidation sites excluding steroid dienone is 3. The smallest absolute Gasteiger partial charge is 0.0429 e. The Bertz CT molecular complexity index is 1020. The van der Waals surface area contributed by atoms with Gasteiger partial charge in [0.2, 0.25) is 0 Å². The Morgan fingerprint density at radius 1 is 0.926 bits per heavy atom. The van der Waals surface area contributed by atoms with Gasteiger partial charge in [0.15, 0.2) is 0 Å². The largest absolute Gasteiger partial charge is 0.355 e. The van der Waals surface area contributed by atoms with Gasteiger partial charge in [0.25, 0.3) is 0 Å². The summed E-state index contributed by atoms with van der Waals surface area (Å²) in [4.78, 5) is 0. The first-order valence-electron chi connectivity index (χ1n) is 9.21. The Labute approximate surface area is 160 Å². The predicted octanol–water partition coefficient (Wildman–Crippen LogP) is 6.41. The maximum atomic E-state index is 7.51. The number of para-hydroxylation sites is 1. The molecule has 2 bridgehead atoms. The van der Waals surface area contributed by atoms with Crippen molar-refractivity contribution in [1.29, 1.82) is 5.41 Å². The van der Waals surface area contributed by atoms with Gasteiger partial charge in [0.1, 0.15) is 0 Å². The van der Waals surface area contributed by atoms with Gasteiger partial charge in [-0.05, 0) is 70.5 Å². The fourth-order valence-corrected chi connectivity index (χ4v) is 3.90. The minimum Gasteiger partial charge on any atom is -0.355 e. The van der Waals surface area contributed by atoms with Gasteiger partial charge in [0, 0.05) is 17.6 Å². The molecule has 0 aromatic heterocycles. The number of hydrogen-bond acceptors (Lipinski definition) is 2. The van der Waals surface area contributed by atoms with E-state index in [-0.39, 0.29) is 0 Å². The SMILES string of the molecule is C=C/C(=C\C=N)c1cc(Nc2ccccc2)c2c(-c3ccccc3)c1CC2. The molecule has 2 N–H and O–H groups in total. The van der Waals surface area contributed by atoms with Crippen LogP contribution in [0, 0.1) is 5.41 Å². The average molecular weight is 350 g/mol. The van der Waals surface area contributed by atoms with Crippen LogP contribution in [-0.2, 0) is 12.8 Å². The molecule has 3 aromatic carbocycles. The van der Waals surface area contributed by atoms with Crippen LogP contribution in [-0.4, -0.2) is 6.21 Å². The van der Waals surface area contributed by atoms with Crippen molar-refractivity contribution >= 4 is 23.2 Å². The third-order valence-electron chi connectivity index (χ3n) is 5.08. The van der Waals surface area contributed by atoms with Crippen molar-refractivity contribution in [2.24, 2.45) is 0 Å². The molecule has 2 heteroatoms.